The zero-order chi connectivity index (χ0) is 31.7. The number of aromatic nitrogens is 1. The molecule has 9 rings (SSSR count). The third kappa shape index (κ3) is 4.11. The smallest absolute Gasteiger partial charge is 0.0735 e. The van der Waals surface area contributed by atoms with Gasteiger partial charge < -0.3 is 0 Å². The van der Waals surface area contributed by atoms with Crippen LogP contribution in [0.4, 0.5) is 0 Å². The number of aryl methyl sites for hydroxylation is 2. The lowest BCUT2D eigenvalue weighted by Crippen LogP contribution is -2.34. The number of hydrazine groups is 1. The Kier molecular flexibility index (Phi) is 6.31. The minimum atomic E-state index is -0.379. The average Bonchev–Trinajstić information content (AvgIpc) is 3.39. The Morgan fingerprint density at radius 1 is 0.574 bits per heavy atom. The molecule has 1 spiro atoms. The van der Waals surface area contributed by atoms with Crippen LogP contribution in [0.15, 0.2) is 149 Å². The molecule has 6 aromatic rings. The number of benzene rings is 5. The number of pyridine rings is 1. The summed E-state index contributed by atoms with van der Waals surface area (Å²) in [6.45, 7) is 4.11. The van der Waals surface area contributed by atoms with Gasteiger partial charge in [-0.05, 0) is 88.7 Å². The summed E-state index contributed by atoms with van der Waals surface area (Å²) < 4.78 is 0. The molecule has 0 saturated carbocycles. The molecule has 0 unspecified atom stereocenters. The Bertz CT molecular complexity index is 2250. The van der Waals surface area contributed by atoms with E-state index in [0.29, 0.717) is 0 Å². The van der Waals surface area contributed by atoms with Gasteiger partial charge in [0.2, 0.25) is 0 Å². The van der Waals surface area contributed by atoms with Crippen LogP contribution in [0.1, 0.15) is 44.8 Å². The van der Waals surface area contributed by atoms with Gasteiger partial charge in [0.25, 0.3) is 0 Å². The molecule has 3 heterocycles. The van der Waals surface area contributed by atoms with Gasteiger partial charge in [0.1, 0.15) is 0 Å². The van der Waals surface area contributed by atoms with Gasteiger partial charge in [-0.2, -0.15) is 0 Å². The highest BCUT2D eigenvalue weighted by Gasteiger charge is 2.50. The summed E-state index contributed by atoms with van der Waals surface area (Å²) in [7, 11) is 2.10. The van der Waals surface area contributed by atoms with Crippen molar-refractivity contribution in [1.82, 2.24) is 15.4 Å². The topological polar surface area (TPSA) is 28.2 Å². The molecular formula is C43H33N3S. The Morgan fingerprint density at radius 2 is 1.19 bits per heavy atom. The summed E-state index contributed by atoms with van der Waals surface area (Å²) in [5.74, 6) is 0. The molecule has 5 aromatic carbocycles. The highest BCUT2D eigenvalue weighted by atomic mass is 32.2. The molecule has 47 heavy (non-hydrogen) atoms. The van der Waals surface area contributed by atoms with Crippen molar-refractivity contribution < 1.29 is 0 Å². The monoisotopic (exact) mass is 623 g/mol. The van der Waals surface area contributed by atoms with E-state index in [1.165, 1.54) is 59.9 Å². The number of fused-ring (bicyclic) bond motifs is 9. The van der Waals surface area contributed by atoms with E-state index in [0.717, 1.165) is 28.3 Å². The second kappa shape index (κ2) is 10.6. The molecule has 0 radical (unpaired) electrons. The summed E-state index contributed by atoms with van der Waals surface area (Å²) in [6.07, 6.45) is 4.47. The normalized spacial score (nSPS) is 15.2. The fourth-order valence-electron chi connectivity index (χ4n) is 7.93. The third-order valence-corrected chi connectivity index (χ3v) is 11.1. The van der Waals surface area contributed by atoms with Crippen molar-refractivity contribution in [3.05, 3.63) is 184 Å². The molecule has 1 aliphatic carbocycles. The predicted molar refractivity (Wildman–Crippen MR) is 194 cm³/mol. The Balaban J connectivity index is 1.17. The van der Waals surface area contributed by atoms with E-state index < -0.39 is 0 Å². The highest BCUT2D eigenvalue weighted by molar-refractivity contribution is 7.99. The maximum Gasteiger partial charge on any atom is 0.0735 e. The molecule has 4 heteroatoms. The van der Waals surface area contributed by atoms with Crippen LogP contribution in [0.25, 0.3) is 33.6 Å². The fourth-order valence-corrected chi connectivity index (χ4v) is 9.12. The number of nitrogens with one attached hydrogen (secondary N) is 1. The minimum absolute atomic E-state index is 0.379. The van der Waals surface area contributed by atoms with Crippen molar-refractivity contribution in [2.24, 2.45) is 0 Å². The Morgan fingerprint density at radius 3 is 1.89 bits per heavy atom. The molecule has 1 N–H and O–H groups in total. The molecule has 1 aromatic heterocycles. The van der Waals surface area contributed by atoms with Crippen LogP contribution >= 0.6 is 11.8 Å². The largest absolute Gasteiger partial charge is 0.298 e. The van der Waals surface area contributed by atoms with E-state index in [2.05, 4.69) is 169 Å². The maximum absolute atomic E-state index is 4.66. The molecule has 2 aliphatic heterocycles. The first-order valence-electron chi connectivity index (χ1n) is 16.1. The Labute approximate surface area is 280 Å². The number of rotatable bonds is 3. The number of nitrogens with zero attached hydrogens (tertiary/aromatic N) is 2. The maximum atomic E-state index is 4.66. The molecule has 0 bridgehead atoms. The molecule has 0 fully saturated rings. The first-order valence-corrected chi connectivity index (χ1v) is 16.9. The minimum Gasteiger partial charge on any atom is -0.298 e. The summed E-state index contributed by atoms with van der Waals surface area (Å²) in [5.41, 5.74) is 20.4. The van der Waals surface area contributed by atoms with Gasteiger partial charge >= 0.3 is 0 Å². The predicted octanol–water partition coefficient (Wildman–Crippen LogP) is 10.0. The molecule has 3 nitrogen and oxygen atoms in total. The van der Waals surface area contributed by atoms with Crippen molar-refractivity contribution in [3.63, 3.8) is 0 Å². The van der Waals surface area contributed by atoms with Gasteiger partial charge in [-0.25, -0.2) is 0 Å². The highest BCUT2D eigenvalue weighted by Crippen LogP contribution is 2.62. The van der Waals surface area contributed by atoms with E-state index in [1.54, 1.807) is 0 Å². The van der Waals surface area contributed by atoms with Crippen molar-refractivity contribution in [2.45, 2.75) is 29.1 Å². The summed E-state index contributed by atoms with van der Waals surface area (Å²) in [4.78, 5) is 7.30. The SMILES string of the molecule is Cc1ccc(-c2ccc(C3=CC=C(c4cccc5c4-c4ccccc4C54c5ccccc5Sc5ccccc54)NN3C)cc2)c(C)n1. The van der Waals surface area contributed by atoms with Crippen LogP contribution in [-0.4, -0.2) is 17.0 Å². The lowest BCUT2D eigenvalue weighted by molar-refractivity contribution is 0.417. The second-order valence-corrected chi connectivity index (χ2v) is 13.7. The van der Waals surface area contributed by atoms with Crippen molar-refractivity contribution in [1.29, 1.82) is 0 Å². The molecule has 0 saturated heterocycles. The molecule has 226 valence electrons. The standard InChI is InChI=1S/C43H33N3S/c1-27-19-24-31(28(2)44-27)29-20-22-30(23-21-29)39-26-25-38(45-46(39)3)33-12-10-16-37-42(33)32-11-4-5-13-34(32)43(37)35-14-6-8-17-40(35)47-41-18-9-7-15-36(41)43/h4-26,45H,1-3H3. The van der Waals surface area contributed by atoms with Crippen molar-refractivity contribution >= 4 is 23.2 Å². The summed E-state index contributed by atoms with van der Waals surface area (Å²) >= 11 is 1.88. The zero-order valence-electron chi connectivity index (χ0n) is 26.6. The van der Waals surface area contributed by atoms with E-state index in [4.69, 9.17) is 0 Å². The van der Waals surface area contributed by atoms with Crippen molar-refractivity contribution in [3.8, 4) is 22.3 Å². The molecular weight excluding hydrogens is 591 g/mol. The average molecular weight is 624 g/mol. The van der Waals surface area contributed by atoms with Crippen LogP contribution in [0.3, 0.4) is 0 Å². The molecule has 3 aliphatic rings. The molecule has 0 atom stereocenters. The van der Waals surface area contributed by atoms with Gasteiger partial charge in [0.15, 0.2) is 0 Å². The van der Waals surface area contributed by atoms with Crippen LogP contribution in [0, 0.1) is 13.8 Å². The number of hydrogen-bond donors (Lipinski definition) is 1. The Hall–Kier alpha value is -5.32. The van der Waals surface area contributed by atoms with Gasteiger partial charge in [-0.1, -0.05) is 121 Å². The van der Waals surface area contributed by atoms with Crippen LogP contribution in [0.2, 0.25) is 0 Å². The van der Waals surface area contributed by atoms with Gasteiger partial charge in [0, 0.05) is 39.4 Å². The van der Waals surface area contributed by atoms with Gasteiger partial charge in [0.05, 0.1) is 16.8 Å². The molecule has 0 amide bonds. The van der Waals surface area contributed by atoms with Gasteiger partial charge in [-0.3, -0.25) is 15.4 Å². The first-order chi connectivity index (χ1) is 23.0. The van der Waals surface area contributed by atoms with Crippen LogP contribution in [0.5, 0.6) is 0 Å². The van der Waals surface area contributed by atoms with E-state index in [-0.39, 0.29) is 5.41 Å². The van der Waals surface area contributed by atoms with Gasteiger partial charge in [-0.15, -0.1) is 0 Å². The second-order valence-electron chi connectivity index (χ2n) is 12.6. The number of hydrogen-bond acceptors (Lipinski definition) is 4. The summed E-state index contributed by atoms with van der Waals surface area (Å²) in [6, 6.07) is 46.8. The van der Waals surface area contributed by atoms with Crippen molar-refractivity contribution in [2.75, 3.05) is 7.05 Å². The summed E-state index contributed by atoms with van der Waals surface area (Å²) in [5, 5.41) is 2.14. The lowest BCUT2D eigenvalue weighted by atomic mass is 9.67. The van der Waals surface area contributed by atoms with E-state index in [9.17, 15) is 0 Å². The lowest BCUT2D eigenvalue weighted by Gasteiger charge is -2.39. The first kappa shape index (κ1) is 27.9. The fraction of sp³-hybridized carbons (Fsp3) is 0.0930. The third-order valence-electron chi connectivity index (χ3n) is 9.94. The van der Waals surface area contributed by atoms with Crippen LogP contribution < -0.4 is 5.43 Å². The van der Waals surface area contributed by atoms with Crippen LogP contribution in [-0.2, 0) is 5.41 Å². The van der Waals surface area contributed by atoms with E-state index in [1.807, 2.05) is 18.7 Å². The van der Waals surface area contributed by atoms with E-state index >= 15 is 0 Å². The number of allylic oxidation sites excluding steroid dienone is 2. The zero-order valence-corrected chi connectivity index (χ0v) is 27.4. The quantitative estimate of drug-likeness (QED) is 0.212.